The minimum atomic E-state index is -1.07. The summed E-state index contributed by atoms with van der Waals surface area (Å²) < 4.78 is 14.2. The summed E-state index contributed by atoms with van der Waals surface area (Å²) in [6, 6.07) is 6.64. The van der Waals surface area contributed by atoms with E-state index < -0.39 is 12.2 Å². The Morgan fingerprint density at radius 1 is 1.33 bits per heavy atom. The standard InChI is InChI=1S/C9H11BrFN/c1-6(12)9(11)7-2-4-8(10)5-3-7/h2-6,9H,12H2,1H3. The molecule has 1 nitrogen and oxygen atoms in total. The highest BCUT2D eigenvalue weighted by molar-refractivity contribution is 9.10. The Morgan fingerprint density at radius 2 is 1.83 bits per heavy atom. The molecular formula is C9H11BrFN. The van der Waals surface area contributed by atoms with Crippen LogP contribution in [0.5, 0.6) is 0 Å². The SMILES string of the molecule is CC(N)C(F)c1ccc(Br)cc1. The molecule has 12 heavy (non-hydrogen) atoms. The van der Waals surface area contributed by atoms with Crippen LogP contribution in [-0.2, 0) is 0 Å². The largest absolute Gasteiger partial charge is 0.325 e. The minimum Gasteiger partial charge on any atom is -0.325 e. The average Bonchev–Trinajstić information content (AvgIpc) is 2.04. The van der Waals surface area contributed by atoms with Crippen LogP contribution >= 0.6 is 15.9 Å². The van der Waals surface area contributed by atoms with E-state index in [1.807, 2.05) is 12.1 Å². The molecule has 0 aliphatic heterocycles. The van der Waals surface area contributed by atoms with E-state index in [9.17, 15) is 4.39 Å². The number of alkyl halides is 1. The monoisotopic (exact) mass is 231 g/mol. The molecule has 0 saturated heterocycles. The van der Waals surface area contributed by atoms with Crippen molar-refractivity contribution in [2.24, 2.45) is 5.73 Å². The summed E-state index contributed by atoms with van der Waals surface area (Å²) in [4.78, 5) is 0. The second kappa shape index (κ2) is 4.01. The third-order valence-electron chi connectivity index (χ3n) is 1.65. The van der Waals surface area contributed by atoms with E-state index in [0.29, 0.717) is 5.56 Å². The Balaban J connectivity index is 2.82. The van der Waals surface area contributed by atoms with Crippen LogP contribution in [0.15, 0.2) is 28.7 Å². The van der Waals surface area contributed by atoms with E-state index >= 15 is 0 Å². The summed E-state index contributed by atoms with van der Waals surface area (Å²) in [5, 5.41) is 0. The Bertz CT molecular complexity index is 245. The number of hydrogen-bond acceptors (Lipinski definition) is 1. The van der Waals surface area contributed by atoms with Crippen molar-refractivity contribution < 1.29 is 4.39 Å². The van der Waals surface area contributed by atoms with Gasteiger partial charge < -0.3 is 5.73 Å². The van der Waals surface area contributed by atoms with Gasteiger partial charge in [0.25, 0.3) is 0 Å². The average molecular weight is 232 g/mol. The van der Waals surface area contributed by atoms with Gasteiger partial charge in [-0.3, -0.25) is 0 Å². The first-order valence-corrected chi connectivity index (χ1v) is 4.55. The van der Waals surface area contributed by atoms with E-state index in [4.69, 9.17) is 5.73 Å². The topological polar surface area (TPSA) is 26.0 Å². The molecule has 0 saturated carbocycles. The highest BCUT2D eigenvalue weighted by atomic mass is 79.9. The summed E-state index contributed by atoms with van der Waals surface area (Å²) >= 11 is 3.28. The molecule has 0 fully saturated rings. The van der Waals surface area contributed by atoms with Gasteiger partial charge in [0.1, 0.15) is 6.17 Å². The van der Waals surface area contributed by atoms with Gasteiger partial charge in [0.05, 0.1) is 0 Å². The van der Waals surface area contributed by atoms with Crippen LogP contribution in [0.4, 0.5) is 4.39 Å². The molecule has 1 rings (SSSR count). The zero-order valence-electron chi connectivity index (χ0n) is 6.80. The summed E-state index contributed by atoms with van der Waals surface area (Å²) in [5.41, 5.74) is 6.05. The highest BCUT2D eigenvalue weighted by Gasteiger charge is 2.13. The first-order chi connectivity index (χ1) is 5.61. The van der Waals surface area contributed by atoms with Gasteiger partial charge in [-0.05, 0) is 24.6 Å². The molecule has 2 atom stereocenters. The van der Waals surface area contributed by atoms with E-state index in [1.165, 1.54) is 0 Å². The lowest BCUT2D eigenvalue weighted by Gasteiger charge is -2.11. The van der Waals surface area contributed by atoms with Crippen LogP contribution in [0.2, 0.25) is 0 Å². The molecule has 1 aromatic rings. The maximum Gasteiger partial charge on any atom is 0.140 e. The molecule has 0 amide bonds. The van der Waals surface area contributed by atoms with Gasteiger partial charge in [-0.25, -0.2) is 4.39 Å². The molecule has 1 aromatic carbocycles. The van der Waals surface area contributed by atoms with Gasteiger partial charge >= 0.3 is 0 Å². The van der Waals surface area contributed by atoms with Crippen molar-refractivity contribution in [2.45, 2.75) is 19.1 Å². The molecule has 0 aromatic heterocycles. The third-order valence-corrected chi connectivity index (χ3v) is 2.18. The molecule has 2 unspecified atom stereocenters. The second-order valence-electron chi connectivity index (χ2n) is 2.81. The molecule has 0 aliphatic carbocycles. The molecule has 0 bridgehead atoms. The van der Waals surface area contributed by atoms with E-state index in [2.05, 4.69) is 15.9 Å². The highest BCUT2D eigenvalue weighted by Crippen LogP contribution is 2.21. The molecule has 0 spiro atoms. The third kappa shape index (κ3) is 2.29. The predicted octanol–water partition coefficient (Wildman–Crippen LogP) is 2.81. The van der Waals surface area contributed by atoms with Crippen molar-refractivity contribution in [1.29, 1.82) is 0 Å². The predicted molar refractivity (Wildman–Crippen MR) is 51.6 cm³/mol. The van der Waals surface area contributed by atoms with Crippen LogP contribution in [0.3, 0.4) is 0 Å². The van der Waals surface area contributed by atoms with Crippen LogP contribution < -0.4 is 5.73 Å². The lowest BCUT2D eigenvalue weighted by Crippen LogP contribution is -2.21. The summed E-state index contributed by atoms with van der Waals surface area (Å²) in [5.74, 6) is 0. The fourth-order valence-electron chi connectivity index (χ4n) is 0.950. The Hall–Kier alpha value is -0.410. The summed E-state index contributed by atoms with van der Waals surface area (Å²) in [6.45, 7) is 1.66. The molecule has 2 N–H and O–H groups in total. The lowest BCUT2D eigenvalue weighted by molar-refractivity contribution is 0.300. The molecule has 0 aliphatic rings. The van der Waals surface area contributed by atoms with Gasteiger partial charge in [-0.1, -0.05) is 28.1 Å². The van der Waals surface area contributed by atoms with Crippen molar-refractivity contribution in [2.75, 3.05) is 0 Å². The quantitative estimate of drug-likeness (QED) is 0.833. The molecule has 0 radical (unpaired) electrons. The van der Waals surface area contributed by atoms with E-state index in [-0.39, 0.29) is 0 Å². The van der Waals surface area contributed by atoms with Gasteiger partial charge in [-0.15, -0.1) is 0 Å². The van der Waals surface area contributed by atoms with Crippen molar-refractivity contribution in [3.8, 4) is 0 Å². The lowest BCUT2D eigenvalue weighted by atomic mass is 10.1. The van der Waals surface area contributed by atoms with Crippen LogP contribution in [0, 0.1) is 0 Å². The van der Waals surface area contributed by atoms with Gasteiger partial charge in [0.15, 0.2) is 0 Å². The van der Waals surface area contributed by atoms with Crippen molar-refractivity contribution in [1.82, 2.24) is 0 Å². The van der Waals surface area contributed by atoms with Crippen LogP contribution in [-0.4, -0.2) is 6.04 Å². The number of hydrogen-bond donors (Lipinski definition) is 1. The first kappa shape index (κ1) is 9.68. The zero-order chi connectivity index (χ0) is 9.14. The smallest absolute Gasteiger partial charge is 0.140 e. The van der Waals surface area contributed by atoms with E-state index in [1.54, 1.807) is 19.1 Å². The second-order valence-corrected chi connectivity index (χ2v) is 3.73. The fraction of sp³-hybridized carbons (Fsp3) is 0.333. The van der Waals surface area contributed by atoms with E-state index in [0.717, 1.165) is 4.47 Å². The normalized spacial score (nSPS) is 15.7. The molecule has 3 heteroatoms. The van der Waals surface area contributed by atoms with Gasteiger partial charge in [0.2, 0.25) is 0 Å². The minimum absolute atomic E-state index is 0.453. The van der Waals surface area contributed by atoms with Crippen molar-refractivity contribution >= 4 is 15.9 Å². The van der Waals surface area contributed by atoms with Gasteiger partial charge in [0, 0.05) is 10.5 Å². The first-order valence-electron chi connectivity index (χ1n) is 3.76. The number of halogens is 2. The van der Waals surface area contributed by atoms with Crippen molar-refractivity contribution in [3.63, 3.8) is 0 Å². The maximum absolute atomic E-state index is 13.2. The van der Waals surface area contributed by atoms with Crippen molar-refractivity contribution in [3.05, 3.63) is 34.3 Å². The van der Waals surface area contributed by atoms with Crippen LogP contribution in [0.25, 0.3) is 0 Å². The number of benzene rings is 1. The zero-order valence-corrected chi connectivity index (χ0v) is 8.38. The fourth-order valence-corrected chi connectivity index (χ4v) is 1.21. The summed E-state index contributed by atoms with van der Waals surface area (Å²) in [6.07, 6.45) is -1.07. The molecule has 0 heterocycles. The molecular weight excluding hydrogens is 221 g/mol. The Morgan fingerprint density at radius 3 is 2.25 bits per heavy atom. The number of nitrogens with two attached hydrogens (primary N) is 1. The van der Waals surface area contributed by atoms with Gasteiger partial charge in [-0.2, -0.15) is 0 Å². The summed E-state index contributed by atoms with van der Waals surface area (Å²) in [7, 11) is 0. The van der Waals surface area contributed by atoms with Crippen LogP contribution in [0.1, 0.15) is 18.7 Å². The Labute approximate surface area is 79.9 Å². The Kier molecular flexibility index (Phi) is 3.23. The number of rotatable bonds is 2. The molecule has 66 valence electrons. The maximum atomic E-state index is 13.2.